The number of aromatic nitrogens is 2. The van der Waals surface area contributed by atoms with Crippen molar-refractivity contribution in [3.05, 3.63) is 48.0 Å². The number of hydrogen-bond donors (Lipinski definition) is 1. The number of benzene rings is 1. The van der Waals surface area contributed by atoms with Gasteiger partial charge in [0.15, 0.2) is 0 Å². The molecule has 0 saturated carbocycles. The van der Waals surface area contributed by atoms with Crippen molar-refractivity contribution in [1.29, 1.82) is 5.26 Å². The van der Waals surface area contributed by atoms with Crippen LogP contribution in [0.15, 0.2) is 36.7 Å². The van der Waals surface area contributed by atoms with Gasteiger partial charge in [0.05, 0.1) is 17.7 Å². The van der Waals surface area contributed by atoms with Crippen molar-refractivity contribution in [1.82, 2.24) is 14.9 Å². The molecule has 0 bridgehead atoms. The normalized spacial score (nSPS) is 22.7. The molecule has 1 saturated heterocycles. The summed E-state index contributed by atoms with van der Waals surface area (Å²) in [4.78, 5) is 19.0. The van der Waals surface area contributed by atoms with Crippen LogP contribution in [-0.4, -0.2) is 34.6 Å². The zero-order valence-electron chi connectivity index (χ0n) is 14.1. The summed E-state index contributed by atoms with van der Waals surface area (Å²) >= 11 is 0. The van der Waals surface area contributed by atoms with Gasteiger partial charge in [0.25, 0.3) is 0 Å². The summed E-state index contributed by atoms with van der Waals surface area (Å²) in [5.41, 5.74) is 1.47. The van der Waals surface area contributed by atoms with E-state index in [4.69, 9.17) is 5.26 Å². The predicted molar refractivity (Wildman–Crippen MR) is 94.1 cm³/mol. The SMILES string of the molecule is N#Cc1ccc(N2CC[C@@H](NC[C@H]3CCCn4ccnc43)C2=O)cc1. The fraction of sp³-hybridized carbons (Fsp3) is 0.421. The van der Waals surface area contributed by atoms with Gasteiger partial charge in [0, 0.05) is 43.6 Å². The molecule has 1 fully saturated rings. The molecule has 4 rings (SSSR count). The van der Waals surface area contributed by atoms with Gasteiger partial charge >= 0.3 is 0 Å². The minimum Gasteiger partial charge on any atom is -0.335 e. The van der Waals surface area contributed by atoms with Gasteiger partial charge in [-0.25, -0.2) is 4.98 Å². The van der Waals surface area contributed by atoms with Gasteiger partial charge in [-0.1, -0.05) is 0 Å². The molecule has 2 aliphatic heterocycles. The Labute approximate surface area is 147 Å². The van der Waals surface area contributed by atoms with Crippen LogP contribution in [0, 0.1) is 11.3 Å². The zero-order valence-corrected chi connectivity index (χ0v) is 14.1. The first-order chi connectivity index (χ1) is 12.3. The van der Waals surface area contributed by atoms with Gasteiger partial charge in [-0.05, 0) is 43.5 Å². The molecule has 2 aliphatic rings. The lowest BCUT2D eigenvalue weighted by atomic mass is 9.98. The van der Waals surface area contributed by atoms with Gasteiger partial charge in [0.1, 0.15) is 5.82 Å². The molecule has 3 heterocycles. The van der Waals surface area contributed by atoms with Gasteiger partial charge in [-0.3, -0.25) is 4.79 Å². The molecule has 1 aromatic carbocycles. The Morgan fingerprint density at radius 1 is 1.24 bits per heavy atom. The van der Waals surface area contributed by atoms with Crippen LogP contribution in [0.4, 0.5) is 5.69 Å². The third-order valence-electron chi connectivity index (χ3n) is 5.19. The van der Waals surface area contributed by atoms with Crippen LogP contribution in [0.25, 0.3) is 0 Å². The highest BCUT2D eigenvalue weighted by atomic mass is 16.2. The lowest BCUT2D eigenvalue weighted by Crippen LogP contribution is -2.40. The third kappa shape index (κ3) is 3.03. The van der Waals surface area contributed by atoms with E-state index in [0.717, 1.165) is 43.9 Å². The molecule has 0 spiro atoms. The topological polar surface area (TPSA) is 74.0 Å². The summed E-state index contributed by atoms with van der Waals surface area (Å²) in [6.07, 6.45) is 6.98. The fourth-order valence-corrected chi connectivity index (χ4v) is 3.83. The number of nitriles is 1. The Morgan fingerprint density at radius 3 is 2.88 bits per heavy atom. The van der Waals surface area contributed by atoms with Crippen molar-refractivity contribution in [2.45, 2.75) is 37.8 Å². The van der Waals surface area contributed by atoms with Crippen molar-refractivity contribution in [3.8, 4) is 6.07 Å². The van der Waals surface area contributed by atoms with Crippen LogP contribution in [0.5, 0.6) is 0 Å². The summed E-state index contributed by atoms with van der Waals surface area (Å²) in [6, 6.07) is 9.16. The zero-order chi connectivity index (χ0) is 17.2. The number of rotatable bonds is 4. The van der Waals surface area contributed by atoms with Crippen LogP contribution in [0.3, 0.4) is 0 Å². The number of nitrogens with one attached hydrogen (secondary N) is 1. The van der Waals surface area contributed by atoms with Crippen molar-refractivity contribution in [2.24, 2.45) is 0 Å². The first kappa shape index (κ1) is 15.9. The van der Waals surface area contributed by atoms with E-state index < -0.39 is 0 Å². The number of nitrogens with zero attached hydrogens (tertiary/aromatic N) is 4. The van der Waals surface area contributed by atoms with Gasteiger partial charge in [-0.2, -0.15) is 5.26 Å². The van der Waals surface area contributed by atoms with E-state index >= 15 is 0 Å². The third-order valence-corrected chi connectivity index (χ3v) is 5.19. The molecule has 0 radical (unpaired) electrons. The van der Waals surface area contributed by atoms with E-state index in [9.17, 15) is 4.79 Å². The molecule has 1 aromatic heterocycles. The Kier molecular flexibility index (Phi) is 4.24. The molecule has 0 aliphatic carbocycles. The van der Waals surface area contributed by atoms with Crippen LogP contribution >= 0.6 is 0 Å². The van der Waals surface area contributed by atoms with Crippen molar-refractivity contribution in [2.75, 3.05) is 18.0 Å². The Hall–Kier alpha value is -2.65. The molecule has 0 unspecified atom stereocenters. The Balaban J connectivity index is 1.39. The van der Waals surface area contributed by atoms with Gasteiger partial charge in [0.2, 0.25) is 5.91 Å². The summed E-state index contributed by atoms with van der Waals surface area (Å²) in [6.45, 7) is 2.54. The highest BCUT2D eigenvalue weighted by molar-refractivity contribution is 5.99. The van der Waals surface area contributed by atoms with Crippen LogP contribution in [0.2, 0.25) is 0 Å². The largest absolute Gasteiger partial charge is 0.335 e. The summed E-state index contributed by atoms with van der Waals surface area (Å²) in [5.74, 6) is 1.62. The number of hydrogen-bond acceptors (Lipinski definition) is 4. The maximum atomic E-state index is 12.7. The predicted octanol–water partition coefficient (Wildman–Crippen LogP) is 2.03. The Morgan fingerprint density at radius 2 is 2.08 bits per heavy atom. The molecular formula is C19H21N5O. The number of fused-ring (bicyclic) bond motifs is 1. The molecule has 128 valence electrons. The van der Waals surface area contributed by atoms with Gasteiger partial charge in [-0.15, -0.1) is 0 Å². The van der Waals surface area contributed by atoms with E-state index in [2.05, 4.69) is 20.9 Å². The first-order valence-electron chi connectivity index (χ1n) is 8.82. The quantitative estimate of drug-likeness (QED) is 0.928. The smallest absolute Gasteiger partial charge is 0.244 e. The maximum Gasteiger partial charge on any atom is 0.244 e. The Bertz CT molecular complexity index is 804. The maximum absolute atomic E-state index is 12.7. The van der Waals surface area contributed by atoms with E-state index in [1.807, 2.05) is 24.5 Å². The molecule has 2 atom stereocenters. The van der Waals surface area contributed by atoms with Gasteiger partial charge < -0.3 is 14.8 Å². The van der Waals surface area contributed by atoms with Crippen molar-refractivity contribution >= 4 is 11.6 Å². The first-order valence-corrected chi connectivity index (χ1v) is 8.82. The molecule has 1 amide bonds. The summed E-state index contributed by atoms with van der Waals surface area (Å²) in [7, 11) is 0. The average Bonchev–Trinajstić information content (AvgIpc) is 3.27. The average molecular weight is 335 g/mol. The second-order valence-electron chi connectivity index (χ2n) is 6.72. The molecule has 2 aromatic rings. The molecular weight excluding hydrogens is 314 g/mol. The summed E-state index contributed by atoms with van der Waals surface area (Å²) < 4.78 is 2.22. The lowest BCUT2D eigenvalue weighted by molar-refractivity contribution is -0.118. The van der Waals surface area contributed by atoms with E-state index in [1.165, 1.54) is 0 Å². The minimum atomic E-state index is -0.138. The molecule has 1 N–H and O–H groups in total. The standard InChI is InChI=1S/C19H21N5O/c20-12-14-3-5-16(6-4-14)24-10-7-17(19(24)25)22-13-15-2-1-9-23-11-8-21-18(15)23/h3-6,8,11,15,17,22H,1-2,7,9-10,13H2/t15-,17-/m1/s1. The van der Waals surface area contributed by atoms with Crippen LogP contribution < -0.4 is 10.2 Å². The number of aryl methyl sites for hydroxylation is 1. The van der Waals surface area contributed by atoms with E-state index in [-0.39, 0.29) is 11.9 Å². The second kappa shape index (κ2) is 6.69. The van der Waals surface area contributed by atoms with Crippen molar-refractivity contribution < 1.29 is 4.79 Å². The lowest BCUT2D eigenvalue weighted by Gasteiger charge is -2.25. The van der Waals surface area contributed by atoms with E-state index in [1.54, 1.807) is 17.0 Å². The van der Waals surface area contributed by atoms with E-state index in [0.29, 0.717) is 18.0 Å². The highest BCUT2D eigenvalue weighted by Crippen LogP contribution is 2.26. The molecule has 25 heavy (non-hydrogen) atoms. The highest BCUT2D eigenvalue weighted by Gasteiger charge is 2.33. The number of carbonyl (C=O) groups excluding carboxylic acids is 1. The minimum absolute atomic E-state index is 0.115. The van der Waals surface area contributed by atoms with Crippen LogP contribution in [0.1, 0.15) is 36.6 Å². The second-order valence-corrected chi connectivity index (χ2v) is 6.72. The number of anilines is 1. The van der Waals surface area contributed by atoms with Crippen LogP contribution in [-0.2, 0) is 11.3 Å². The van der Waals surface area contributed by atoms with Crippen molar-refractivity contribution in [3.63, 3.8) is 0 Å². The monoisotopic (exact) mass is 335 g/mol. The molecule has 6 heteroatoms. The molecule has 6 nitrogen and oxygen atoms in total. The number of amides is 1. The number of carbonyl (C=O) groups is 1. The summed E-state index contributed by atoms with van der Waals surface area (Å²) in [5, 5.41) is 12.3. The number of imidazole rings is 1. The fourth-order valence-electron chi connectivity index (χ4n) is 3.83.